The van der Waals surface area contributed by atoms with Crippen molar-refractivity contribution in [2.24, 2.45) is 5.41 Å². The Hall–Kier alpha value is -2.04. The highest BCUT2D eigenvalue weighted by Gasteiger charge is 2.30. The Kier molecular flexibility index (Phi) is 4.53. The van der Waals surface area contributed by atoms with Gasteiger partial charge >= 0.3 is 5.97 Å². The lowest BCUT2D eigenvalue weighted by atomic mass is 9.89. The minimum Gasteiger partial charge on any atom is -0.481 e. The van der Waals surface area contributed by atoms with Crippen molar-refractivity contribution < 1.29 is 14.7 Å². The van der Waals surface area contributed by atoms with E-state index in [-0.39, 0.29) is 12.3 Å². The third-order valence-electron chi connectivity index (χ3n) is 2.85. The Morgan fingerprint density at radius 1 is 1.21 bits per heavy atom. The van der Waals surface area contributed by atoms with Gasteiger partial charge in [-0.2, -0.15) is 0 Å². The lowest BCUT2D eigenvalue weighted by molar-refractivity contribution is -0.148. The van der Waals surface area contributed by atoms with E-state index in [9.17, 15) is 9.59 Å². The molecule has 0 unspecified atom stereocenters. The zero-order valence-corrected chi connectivity index (χ0v) is 11.7. The van der Waals surface area contributed by atoms with E-state index < -0.39 is 11.4 Å². The van der Waals surface area contributed by atoms with Crippen LogP contribution in [0.15, 0.2) is 24.3 Å². The minimum atomic E-state index is -1.06. The molecule has 1 rings (SSSR count). The zero-order valence-electron chi connectivity index (χ0n) is 11.7. The van der Waals surface area contributed by atoms with Gasteiger partial charge in [-0.3, -0.25) is 9.59 Å². The Bertz CT molecular complexity index is 464. The summed E-state index contributed by atoms with van der Waals surface area (Å²) in [6.45, 7) is 3.06. The summed E-state index contributed by atoms with van der Waals surface area (Å²) in [7, 11) is 3.87. The topological polar surface area (TPSA) is 69.6 Å². The molecule has 104 valence electrons. The van der Waals surface area contributed by atoms with Crippen molar-refractivity contribution in [3.05, 3.63) is 24.3 Å². The number of aliphatic carboxylic acids is 1. The Morgan fingerprint density at radius 2 is 1.74 bits per heavy atom. The summed E-state index contributed by atoms with van der Waals surface area (Å²) < 4.78 is 0. The van der Waals surface area contributed by atoms with Crippen molar-refractivity contribution in [2.75, 3.05) is 24.3 Å². The number of carboxylic acid groups (broad SMARTS) is 1. The molecule has 0 heterocycles. The molecule has 0 saturated heterocycles. The number of carbonyl (C=O) groups excluding carboxylic acids is 1. The number of hydrogen-bond donors (Lipinski definition) is 2. The minimum absolute atomic E-state index is 0.0578. The standard InChI is InChI=1S/C14H20N2O3/c1-14(2,13(18)19)9-12(17)15-10-5-7-11(8-6-10)16(3)4/h5-8H,9H2,1-4H3,(H,15,17)(H,18,19). The summed E-state index contributed by atoms with van der Waals surface area (Å²) in [5, 5.41) is 11.7. The van der Waals surface area contributed by atoms with Crippen LogP contribution in [0.4, 0.5) is 11.4 Å². The van der Waals surface area contributed by atoms with Gasteiger partial charge in [0, 0.05) is 31.9 Å². The highest BCUT2D eigenvalue weighted by molar-refractivity contribution is 5.94. The fourth-order valence-corrected chi connectivity index (χ4v) is 1.53. The summed E-state index contributed by atoms with van der Waals surface area (Å²) >= 11 is 0. The van der Waals surface area contributed by atoms with Gasteiger partial charge in [-0.25, -0.2) is 0 Å². The van der Waals surface area contributed by atoms with Gasteiger partial charge < -0.3 is 15.3 Å². The van der Waals surface area contributed by atoms with Crippen LogP contribution in [0, 0.1) is 5.41 Å². The molecule has 0 atom stereocenters. The van der Waals surface area contributed by atoms with Crippen molar-refractivity contribution in [3.8, 4) is 0 Å². The molecular weight excluding hydrogens is 244 g/mol. The quantitative estimate of drug-likeness (QED) is 0.855. The number of rotatable bonds is 5. The van der Waals surface area contributed by atoms with E-state index in [2.05, 4.69) is 5.32 Å². The molecule has 0 fully saturated rings. The van der Waals surface area contributed by atoms with E-state index >= 15 is 0 Å². The molecule has 1 aromatic rings. The molecule has 19 heavy (non-hydrogen) atoms. The van der Waals surface area contributed by atoms with E-state index in [1.807, 2.05) is 31.1 Å². The van der Waals surface area contributed by atoms with E-state index in [0.29, 0.717) is 5.69 Å². The van der Waals surface area contributed by atoms with E-state index in [4.69, 9.17) is 5.11 Å². The first-order valence-electron chi connectivity index (χ1n) is 6.03. The van der Waals surface area contributed by atoms with Crippen LogP contribution < -0.4 is 10.2 Å². The summed E-state index contributed by atoms with van der Waals surface area (Å²) in [5.41, 5.74) is 0.633. The number of benzene rings is 1. The second kappa shape index (κ2) is 5.73. The number of hydrogen-bond acceptors (Lipinski definition) is 3. The summed E-state index contributed by atoms with van der Waals surface area (Å²) in [5.74, 6) is -1.28. The van der Waals surface area contributed by atoms with E-state index in [0.717, 1.165) is 5.69 Å². The van der Waals surface area contributed by atoms with Crippen molar-refractivity contribution in [1.82, 2.24) is 0 Å². The van der Waals surface area contributed by atoms with Crippen molar-refractivity contribution in [3.63, 3.8) is 0 Å². The molecular formula is C14H20N2O3. The fraction of sp³-hybridized carbons (Fsp3) is 0.429. The van der Waals surface area contributed by atoms with Crippen LogP contribution in [0.25, 0.3) is 0 Å². The molecule has 0 aliphatic heterocycles. The van der Waals surface area contributed by atoms with E-state index in [1.165, 1.54) is 13.8 Å². The second-order valence-electron chi connectivity index (χ2n) is 5.36. The van der Waals surface area contributed by atoms with Crippen molar-refractivity contribution in [2.45, 2.75) is 20.3 Å². The molecule has 1 amide bonds. The number of nitrogens with zero attached hydrogens (tertiary/aromatic N) is 1. The predicted molar refractivity (Wildman–Crippen MR) is 75.4 cm³/mol. The van der Waals surface area contributed by atoms with Crippen LogP contribution in [-0.4, -0.2) is 31.1 Å². The summed E-state index contributed by atoms with van der Waals surface area (Å²) in [6, 6.07) is 7.36. The zero-order chi connectivity index (χ0) is 14.6. The first kappa shape index (κ1) is 15.0. The lowest BCUT2D eigenvalue weighted by Gasteiger charge is -2.18. The molecule has 0 aromatic heterocycles. The number of carboxylic acids is 1. The fourth-order valence-electron chi connectivity index (χ4n) is 1.53. The number of carbonyl (C=O) groups is 2. The van der Waals surface area contributed by atoms with Gasteiger partial charge in [0.2, 0.25) is 5.91 Å². The third kappa shape index (κ3) is 4.28. The van der Waals surface area contributed by atoms with Gasteiger partial charge in [-0.05, 0) is 38.1 Å². The Balaban J connectivity index is 2.65. The Labute approximate surface area is 113 Å². The molecule has 5 nitrogen and oxygen atoms in total. The summed E-state index contributed by atoms with van der Waals surface area (Å²) in [4.78, 5) is 24.7. The smallest absolute Gasteiger partial charge is 0.309 e. The first-order chi connectivity index (χ1) is 8.72. The Morgan fingerprint density at radius 3 is 2.16 bits per heavy atom. The second-order valence-corrected chi connectivity index (χ2v) is 5.36. The SMILES string of the molecule is CN(C)c1ccc(NC(=O)CC(C)(C)C(=O)O)cc1. The van der Waals surface area contributed by atoms with Crippen LogP contribution in [0.5, 0.6) is 0 Å². The van der Waals surface area contributed by atoms with E-state index in [1.54, 1.807) is 12.1 Å². The van der Waals surface area contributed by atoms with Crippen LogP contribution in [0.2, 0.25) is 0 Å². The highest BCUT2D eigenvalue weighted by atomic mass is 16.4. The van der Waals surface area contributed by atoms with Gasteiger partial charge in [-0.15, -0.1) is 0 Å². The van der Waals surface area contributed by atoms with Gasteiger partial charge in [0.05, 0.1) is 5.41 Å². The molecule has 0 bridgehead atoms. The number of amides is 1. The van der Waals surface area contributed by atoms with Crippen LogP contribution in [0.3, 0.4) is 0 Å². The average molecular weight is 264 g/mol. The molecule has 0 spiro atoms. The molecule has 0 radical (unpaired) electrons. The van der Waals surface area contributed by atoms with Crippen LogP contribution in [-0.2, 0) is 9.59 Å². The predicted octanol–water partition coefficient (Wildman–Crippen LogP) is 2.19. The van der Waals surface area contributed by atoms with Gasteiger partial charge in [-0.1, -0.05) is 0 Å². The normalized spacial score (nSPS) is 10.9. The largest absolute Gasteiger partial charge is 0.481 e. The number of nitrogens with one attached hydrogen (secondary N) is 1. The first-order valence-corrected chi connectivity index (χ1v) is 6.03. The third-order valence-corrected chi connectivity index (χ3v) is 2.85. The maximum atomic E-state index is 11.8. The monoisotopic (exact) mass is 264 g/mol. The lowest BCUT2D eigenvalue weighted by Crippen LogP contribution is -2.29. The molecule has 5 heteroatoms. The summed E-state index contributed by atoms with van der Waals surface area (Å²) in [6.07, 6.45) is -0.0578. The van der Waals surface area contributed by atoms with Crippen LogP contribution >= 0.6 is 0 Å². The molecule has 2 N–H and O–H groups in total. The van der Waals surface area contributed by atoms with Gasteiger partial charge in [0.25, 0.3) is 0 Å². The maximum absolute atomic E-state index is 11.8. The van der Waals surface area contributed by atoms with Gasteiger partial charge in [0.1, 0.15) is 0 Å². The average Bonchev–Trinajstić information content (AvgIpc) is 2.28. The molecule has 0 aliphatic rings. The molecule has 0 saturated carbocycles. The van der Waals surface area contributed by atoms with Crippen LogP contribution in [0.1, 0.15) is 20.3 Å². The number of anilines is 2. The maximum Gasteiger partial charge on any atom is 0.309 e. The van der Waals surface area contributed by atoms with Crippen molar-refractivity contribution in [1.29, 1.82) is 0 Å². The highest BCUT2D eigenvalue weighted by Crippen LogP contribution is 2.22. The van der Waals surface area contributed by atoms with Gasteiger partial charge in [0.15, 0.2) is 0 Å². The molecule has 0 aliphatic carbocycles. The van der Waals surface area contributed by atoms with Crippen molar-refractivity contribution >= 4 is 23.3 Å². The molecule has 1 aromatic carbocycles.